The minimum Gasteiger partial charge on any atom is -0.356 e. The number of nitrogens with one attached hydrogen (secondary N) is 1. The van der Waals surface area contributed by atoms with Gasteiger partial charge in [-0.05, 0) is 62.8 Å². The Bertz CT molecular complexity index is 1100. The van der Waals surface area contributed by atoms with E-state index in [1.54, 1.807) is 4.52 Å². The first-order valence-electron chi connectivity index (χ1n) is 12.6. The molecule has 0 bridgehead atoms. The zero-order valence-electron chi connectivity index (χ0n) is 20.1. The Labute approximate surface area is 201 Å². The number of carbonyl (C=O) groups is 1. The third-order valence-electron chi connectivity index (χ3n) is 7.05. The molecule has 34 heavy (non-hydrogen) atoms. The quantitative estimate of drug-likeness (QED) is 0.556. The molecule has 1 amide bonds. The number of hydrogen-bond donors (Lipinski definition) is 1. The molecule has 1 unspecified atom stereocenters. The second-order valence-electron chi connectivity index (χ2n) is 9.80. The molecule has 0 aliphatic carbocycles. The summed E-state index contributed by atoms with van der Waals surface area (Å²) in [6.45, 7) is 8.05. The first-order chi connectivity index (χ1) is 16.6. The molecule has 2 fully saturated rings. The zero-order chi connectivity index (χ0) is 23.3. The van der Waals surface area contributed by atoms with E-state index in [4.69, 9.17) is 5.10 Å². The van der Waals surface area contributed by atoms with Gasteiger partial charge in [0.1, 0.15) is 5.82 Å². The summed E-state index contributed by atoms with van der Waals surface area (Å²) >= 11 is 0. The topological polar surface area (TPSA) is 78.7 Å². The second kappa shape index (κ2) is 10.5. The zero-order valence-corrected chi connectivity index (χ0v) is 20.1. The fourth-order valence-electron chi connectivity index (χ4n) is 5.02. The van der Waals surface area contributed by atoms with Gasteiger partial charge in [-0.25, -0.2) is 0 Å². The predicted molar refractivity (Wildman–Crippen MR) is 133 cm³/mol. The first kappa shape index (κ1) is 22.8. The molecule has 0 saturated carbocycles. The van der Waals surface area contributed by atoms with Crippen LogP contribution in [0.15, 0.2) is 36.4 Å². The number of hydrogen-bond acceptors (Lipinski definition) is 6. The van der Waals surface area contributed by atoms with Crippen LogP contribution in [0.4, 0.5) is 5.82 Å². The molecule has 1 aromatic carbocycles. The Morgan fingerprint density at radius 3 is 2.68 bits per heavy atom. The number of rotatable bonds is 8. The normalized spacial score (nSPS) is 19.1. The van der Waals surface area contributed by atoms with Crippen LogP contribution in [-0.2, 0) is 17.8 Å². The van der Waals surface area contributed by atoms with E-state index in [1.807, 2.05) is 12.1 Å². The Balaban J connectivity index is 1.09. The highest BCUT2D eigenvalue weighted by atomic mass is 16.1. The van der Waals surface area contributed by atoms with Gasteiger partial charge in [-0.15, -0.1) is 15.3 Å². The van der Waals surface area contributed by atoms with Gasteiger partial charge < -0.3 is 10.2 Å². The fourth-order valence-corrected chi connectivity index (χ4v) is 5.02. The highest BCUT2D eigenvalue weighted by Gasteiger charge is 2.23. The maximum Gasteiger partial charge on any atom is 0.220 e. The minimum atomic E-state index is 0.0703. The van der Waals surface area contributed by atoms with Gasteiger partial charge in [0.25, 0.3) is 0 Å². The van der Waals surface area contributed by atoms with Crippen LogP contribution in [-0.4, -0.2) is 63.3 Å². The number of anilines is 1. The number of carbonyl (C=O) groups excluding carboxylic acids is 1. The number of aromatic nitrogens is 4. The molecular formula is C26H35N7O. The van der Waals surface area contributed by atoms with Crippen LogP contribution in [0.25, 0.3) is 5.65 Å². The Morgan fingerprint density at radius 1 is 1.03 bits per heavy atom. The van der Waals surface area contributed by atoms with Gasteiger partial charge in [0, 0.05) is 45.6 Å². The van der Waals surface area contributed by atoms with Crippen molar-refractivity contribution in [3.63, 3.8) is 0 Å². The van der Waals surface area contributed by atoms with Crippen molar-refractivity contribution in [1.82, 2.24) is 30.0 Å². The standard InChI is InChI=1S/C26H35N7O/c1-20-5-7-21(8-6-20)18-31-16-13-22(19-31)17-27-26(34)12-11-24-29-28-23-9-10-25(30-33(23)24)32-14-3-2-4-15-32/h5-10,22H,2-4,11-19H2,1H3,(H,27,34). The SMILES string of the molecule is Cc1ccc(CN2CCC(CNC(=O)CCc3nnc4ccc(N5CCCCC5)nn34)C2)cc1. The van der Waals surface area contributed by atoms with Crippen molar-refractivity contribution in [3.8, 4) is 0 Å². The monoisotopic (exact) mass is 461 g/mol. The van der Waals surface area contributed by atoms with Gasteiger partial charge >= 0.3 is 0 Å². The molecule has 5 rings (SSSR count). The largest absolute Gasteiger partial charge is 0.356 e. The summed E-state index contributed by atoms with van der Waals surface area (Å²) in [6.07, 6.45) is 5.77. The average Bonchev–Trinajstić information content (AvgIpc) is 3.49. The van der Waals surface area contributed by atoms with E-state index in [0.717, 1.165) is 63.0 Å². The number of likely N-dealkylation sites (tertiary alicyclic amines) is 1. The summed E-state index contributed by atoms with van der Waals surface area (Å²) in [6, 6.07) is 12.8. The summed E-state index contributed by atoms with van der Waals surface area (Å²) in [7, 11) is 0. The number of piperidine rings is 1. The van der Waals surface area contributed by atoms with Crippen LogP contribution in [0.2, 0.25) is 0 Å². The van der Waals surface area contributed by atoms with Crippen LogP contribution in [0.5, 0.6) is 0 Å². The molecule has 2 aliphatic rings. The summed E-state index contributed by atoms with van der Waals surface area (Å²) in [4.78, 5) is 17.3. The van der Waals surface area contributed by atoms with E-state index in [-0.39, 0.29) is 5.91 Å². The third-order valence-corrected chi connectivity index (χ3v) is 7.05. The van der Waals surface area contributed by atoms with Crippen LogP contribution in [0.3, 0.4) is 0 Å². The summed E-state index contributed by atoms with van der Waals surface area (Å²) in [5.41, 5.74) is 3.38. The van der Waals surface area contributed by atoms with E-state index in [2.05, 4.69) is 56.5 Å². The highest BCUT2D eigenvalue weighted by molar-refractivity contribution is 5.76. The molecule has 3 aromatic rings. The first-order valence-corrected chi connectivity index (χ1v) is 12.6. The van der Waals surface area contributed by atoms with Crippen molar-refractivity contribution in [2.75, 3.05) is 37.6 Å². The van der Waals surface area contributed by atoms with Crippen molar-refractivity contribution in [1.29, 1.82) is 0 Å². The molecule has 4 heterocycles. The number of amides is 1. The third kappa shape index (κ3) is 5.55. The number of benzene rings is 1. The van der Waals surface area contributed by atoms with Crippen molar-refractivity contribution in [3.05, 3.63) is 53.3 Å². The summed E-state index contributed by atoms with van der Waals surface area (Å²) in [5.74, 6) is 2.29. The molecule has 2 saturated heterocycles. The van der Waals surface area contributed by atoms with E-state index >= 15 is 0 Å². The van der Waals surface area contributed by atoms with Crippen LogP contribution < -0.4 is 10.2 Å². The Morgan fingerprint density at radius 2 is 1.85 bits per heavy atom. The lowest BCUT2D eigenvalue weighted by atomic mass is 10.1. The molecule has 0 radical (unpaired) electrons. The van der Waals surface area contributed by atoms with Gasteiger partial charge in [0.2, 0.25) is 5.91 Å². The second-order valence-corrected chi connectivity index (χ2v) is 9.80. The van der Waals surface area contributed by atoms with Crippen LogP contribution >= 0.6 is 0 Å². The van der Waals surface area contributed by atoms with Gasteiger partial charge in [-0.1, -0.05) is 29.8 Å². The van der Waals surface area contributed by atoms with Crippen LogP contribution in [0.1, 0.15) is 49.1 Å². The Hall–Kier alpha value is -3.00. The lowest BCUT2D eigenvalue weighted by Crippen LogP contribution is -2.31. The Kier molecular flexibility index (Phi) is 7.04. The van der Waals surface area contributed by atoms with Crippen molar-refractivity contribution < 1.29 is 4.79 Å². The molecule has 1 N–H and O–H groups in total. The number of fused-ring (bicyclic) bond motifs is 1. The lowest BCUT2D eigenvalue weighted by molar-refractivity contribution is -0.121. The maximum absolute atomic E-state index is 12.5. The fraction of sp³-hybridized carbons (Fsp3) is 0.538. The van der Waals surface area contributed by atoms with E-state index in [9.17, 15) is 4.79 Å². The van der Waals surface area contributed by atoms with Gasteiger partial charge in [-0.3, -0.25) is 9.69 Å². The van der Waals surface area contributed by atoms with Gasteiger partial charge in [-0.2, -0.15) is 4.52 Å². The molecular weight excluding hydrogens is 426 g/mol. The van der Waals surface area contributed by atoms with E-state index in [1.165, 1.54) is 30.4 Å². The summed E-state index contributed by atoms with van der Waals surface area (Å²) in [5, 5.41) is 16.4. The van der Waals surface area contributed by atoms with Crippen molar-refractivity contribution in [2.45, 2.75) is 52.0 Å². The minimum absolute atomic E-state index is 0.0703. The highest BCUT2D eigenvalue weighted by Crippen LogP contribution is 2.19. The molecule has 1 atom stereocenters. The van der Waals surface area contributed by atoms with Crippen LogP contribution in [0, 0.1) is 12.8 Å². The van der Waals surface area contributed by atoms with E-state index in [0.29, 0.717) is 18.8 Å². The summed E-state index contributed by atoms with van der Waals surface area (Å²) < 4.78 is 1.80. The van der Waals surface area contributed by atoms with Crippen molar-refractivity contribution >= 4 is 17.4 Å². The molecule has 2 aromatic heterocycles. The average molecular weight is 462 g/mol. The van der Waals surface area contributed by atoms with Gasteiger partial charge in [0.05, 0.1) is 0 Å². The number of nitrogens with zero attached hydrogens (tertiary/aromatic N) is 6. The number of aryl methyl sites for hydroxylation is 2. The predicted octanol–water partition coefficient (Wildman–Crippen LogP) is 2.99. The lowest BCUT2D eigenvalue weighted by Gasteiger charge is -2.27. The maximum atomic E-state index is 12.5. The van der Waals surface area contributed by atoms with Gasteiger partial charge in [0.15, 0.2) is 11.5 Å². The molecule has 8 nitrogen and oxygen atoms in total. The molecule has 8 heteroatoms. The van der Waals surface area contributed by atoms with E-state index < -0.39 is 0 Å². The smallest absolute Gasteiger partial charge is 0.220 e. The van der Waals surface area contributed by atoms with Crippen molar-refractivity contribution in [2.24, 2.45) is 5.92 Å². The molecule has 180 valence electrons. The molecule has 2 aliphatic heterocycles. The molecule has 0 spiro atoms.